The van der Waals surface area contributed by atoms with Gasteiger partial charge in [-0.25, -0.2) is 13.8 Å². The van der Waals surface area contributed by atoms with Gasteiger partial charge in [0.05, 0.1) is 16.8 Å². The van der Waals surface area contributed by atoms with Crippen molar-refractivity contribution in [3.63, 3.8) is 0 Å². The summed E-state index contributed by atoms with van der Waals surface area (Å²) in [4.78, 5) is 13.5. The predicted octanol–water partition coefficient (Wildman–Crippen LogP) is 3.71. The van der Waals surface area contributed by atoms with Gasteiger partial charge < -0.3 is 0 Å². The van der Waals surface area contributed by atoms with Gasteiger partial charge in [0, 0.05) is 4.88 Å². The van der Waals surface area contributed by atoms with Gasteiger partial charge in [0.15, 0.2) is 0 Å². The first-order valence-electron chi connectivity index (χ1n) is 8.88. The molecule has 1 amide bonds. The summed E-state index contributed by atoms with van der Waals surface area (Å²) in [5, 5.41) is 5.89. The second-order valence-corrected chi connectivity index (χ2v) is 9.23. The standard InChI is InChI=1S/C21H21N3O3S2/c1-16-7-6-8-18(13-16)24(29(26,27)19-9-4-3-5-10-19)15-21(25)23-22-14-20-17(2)11-12-28-20/h3-14H,15H2,1-2H3,(H,23,25)/b22-14-. The molecule has 29 heavy (non-hydrogen) atoms. The summed E-state index contributed by atoms with van der Waals surface area (Å²) in [6, 6.07) is 17.0. The van der Waals surface area contributed by atoms with Crippen LogP contribution in [0.25, 0.3) is 0 Å². The van der Waals surface area contributed by atoms with E-state index in [1.807, 2.05) is 31.4 Å². The Morgan fingerprint density at radius 1 is 1.10 bits per heavy atom. The summed E-state index contributed by atoms with van der Waals surface area (Å²) in [6.07, 6.45) is 1.56. The summed E-state index contributed by atoms with van der Waals surface area (Å²) in [6.45, 7) is 3.43. The second-order valence-electron chi connectivity index (χ2n) is 6.42. The monoisotopic (exact) mass is 427 g/mol. The fourth-order valence-corrected chi connectivity index (χ4v) is 4.88. The number of hydrogen-bond donors (Lipinski definition) is 1. The van der Waals surface area contributed by atoms with Crippen molar-refractivity contribution in [2.45, 2.75) is 18.7 Å². The number of nitrogens with zero attached hydrogens (tertiary/aromatic N) is 2. The molecule has 0 radical (unpaired) electrons. The van der Waals surface area contributed by atoms with Gasteiger partial charge in [0.25, 0.3) is 15.9 Å². The lowest BCUT2D eigenvalue weighted by atomic mass is 10.2. The van der Waals surface area contributed by atoms with Crippen LogP contribution in [-0.4, -0.2) is 27.1 Å². The van der Waals surface area contributed by atoms with E-state index in [9.17, 15) is 13.2 Å². The third-order valence-corrected chi connectivity index (χ3v) is 6.92. The Bertz CT molecular complexity index is 1120. The Labute approximate surface area is 174 Å². The van der Waals surface area contributed by atoms with Gasteiger partial charge >= 0.3 is 0 Å². The minimum atomic E-state index is -3.92. The topological polar surface area (TPSA) is 78.8 Å². The number of sulfonamides is 1. The van der Waals surface area contributed by atoms with Crippen LogP contribution in [0.4, 0.5) is 5.69 Å². The average molecular weight is 428 g/mol. The number of carbonyl (C=O) groups excluding carboxylic acids is 1. The van der Waals surface area contributed by atoms with Crippen LogP contribution >= 0.6 is 11.3 Å². The fourth-order valence-electron chi connectivity index (χ4n) is 2.66. The number of amides is 1. The summed E-state index contributed by atoms with van der Waals surface area (Å²) in [5.74, 6) is -0.531. The molecule has 0 aliphatic heterocycles. The molecule has 0 unspecified atom stereocenters. The van der Waals surface area contributed by atoms with Gasteiger partial charge in [-0.3, -0.25) is 9.10 Å². The van der Waals surface area contributed by atoms with Crippen LogP contribution in [-0.2, 0) is 14.8 Å². The zero-order valence-electron chi connectivity index (χ0n) is 16.1. The lowest BCUT2D eigenvalue weighted by Gasteiger charge is -2.24. The van der Waals surface area contributed by atoms with Crippen LogP contribution in [0.5, 0.6) is 0 Å². The number of aryl methyl sites for hydroxylation is 2. The smallest absolute Gasteiger partial charge is 0.264 e. The van der Waals surface area contributed by atoms with E-state index in [0.29, 0.717) is 5.69 Å². The lowest BCUT2D eigenvalue weighted by Crippen LogP contribution is -2.39. The van der Waals surface area contributed by atoms with E-state index in [1.165, 1.54) is 23.5 Å². The highest BCUT2D eigenvalue weighted by Crippen LogP contribution is 2.24. The molecular weight excluding hydrogens is 406 g/mol. The maximum atomic E-state index is 13.2. The normalized spacial score (nSPS) is 11.5. The van der Waals surface area contributed by atoms with Crippen LogP contribution in [0, 0.1) is 13.8 Å². The molecule has 0 fully saturated rings. The van der Waals surface area contributed by atoms with Crippen molar-refractivity contribution in [3.8, 4) is 0 Å². The van der Waals surface area contributed by atoms with Crippen LogP contribution in [0.2, 0.25) is 0 Å². The Kier molecular flexibility index (Phi) is 6.46. The molecule has 3 rings (SSSR count). The first-order chi connectivity index (χ1) is 13.9. The van der Waals surface area contributed by atoms with E-state index < -0.39 is 15.9 Å². The molecule has 0 aliphatic carbocycles. The molecular formula is C21H21N3O3S2. The second kappa shape index (κ2) is 9.02. The molecule has 1 heterocycles. The first kappa shape index (κ1) is 20.8. The van der Waals surface area contributed by atoms with Crippen LogP contribution in [0.15, 0.2) is 76.0 Å². The van der Waals surface area contributed by atoms with E-state index >= 15 is 0 Å². The van der Waals surface area contributed by atoms with Gasteiger partial charge in [0.2, 0.25) is 0 Å². The summed E-state index contributed by atoms with van der Waals surface area (Å²) in [7, 11) is -3.92. The Balaban J connectivity index is 1.85. The van der Waals surface area contributed by atoms with Crippen LogP contribution in [0.3, 0.4) is 0 Å². The number of rotatable bonds is 7. The van der Waals surface area contributed by atoms with E-state index in [2.05, 4.69) is 10.5 Å². The Hall–Kier alpha value is -2.97. The maximum absolute atomic E-state index is 13.2. The van der Waals surface area contributed by atoms with Crippen molar-refractivity contribution < 1.29 is 13.2 Å². The largest absolute Gasteiger partial charge is 0.271 e. The van der Waals surface area contributed by atoms with E-state index in [-0.39, 0.29) is 11.4 Å². The number of nitrogens with one attached hydrogen (secondary N) is 1. The highest BCUT2D eigenvalue weighted by Gasteiger charge is 2.27. The van der Waals surface area contributed by atoms with Crippen molar-refractivity contribution in [2.24, 2.45) is 5.10 Å². The Morgan fingerprint density at radius 3 is 2.52 bits per heavy atom. The molecule has 1 aromatic heterocycles. The molecule has 0 saturated carbocycles. The average Bonchev–Trinajstić information content (AvgIpc) is 3.11. The van der Waals surface area contributed by atoms with E-state index in [4.69, 9.17) is 0 Å². The molecule has 8 heteroatoms. The maximum Gasteiger partial charge on any atom is 0.264 e. The van der Waals surface area contributed by atoms with Gasteiger partial charge in [-0.05, 0) is 60.7 Å². The number of hydrogen-bond acceptors (Lipinski definition) is 5. The molecule has 1 N–H and O–H groups in total. The van der Waals surface area contributed by atoms with Gasteiger partial charge in [-0.2, -0.15) is 5.10 Å². The summed E-state index contributed by atoms with van der Waals surface area (Å²) < 4.78 is 27.5. The number of anilines is 1. The van der Waals surface area contributed by atoms with E-state index in [0.717, 1.165) is 20.3 Å². The van der Waals surface area contributed by atoms with Gasteiger partial charge in [-0.1, -0.05) is 30.3 Å². The molecule has 6 nitrogen and oxygen atoms in total. The van der Waals surface area contributed by atoms with Crippen LogP contribution in [0.1, 0.15) is 16.0 Å². The minimum Gasteiger partial charge on any atom is -0.271 e. The molecule has 3 aromatic rings. The van der Waals surface area contributed by atoms with Crippen molar-refractivity contribution in [1.82, 2.24) is 5.43 Å². The van der Waals surface area contributed by atoms with Crippen molar-refractivity contribution in [2.75, 3.05) is 10.8 Å². The fraction of sp³-hybridized carbons (Fsp3) is 0.143. The lowest BCUT2D eigenvalue weighted by molar-refractivity contribution is -0.119. The molecule has 2 aromatic carbocycles. The predicted molar refractivity (Wildman–Crippen MR) is 117 cm³/mol. The molecule has 0 atom stereocenters. The molecule has 150 valence electrons. The van der Waals surface area contributed by atoms with E-state index in [1.54, 1.807) is 42.6 Å². The quantitative estimate of drug-likeness (QED) is 0.461. The van der Waals surface area contributed by atoms with Crippen LogP contribution < -0.4 is 9.73 Å². The number of hydrazone groups is 1. The highest BCUT2D eigenvalue weighted by molar-refractivity contribution is 7.92. The molecule has 0 spiro atoms. The summed E-state index contributed by atoms with van der Waals surface area (Å²) >= 11 is 1.51. The number of thiophene rings is 1. The third kappa shape index (κ3) is 5.10. The van der Waals surface area contributed by atoms with Crippen molar-refractivity contribution in [1.29, 1.82) is 0 Å². The Morgan fingerprint density at radius 2 is 1.86 bits per heavy atom. The first-order valence-corrected chi connectivity index (χ1v) is 11.2. The third-order valence-electron chi connectivity index (χ3n) is 4.18. The molecule has 0 aliphatic rings. The number of carbonyl (C=O) groups is 1. The summed E-state index contributed by atoms with van der Waals surface area (Å²) in [5.41, 5.74) is 4.78. The molecule has 0 saturated heterocycles. The number of benzene rings is 2. The SMILES string of the molecule is Cc1cccc(N(CC(=O)N/N=C\c2sccc2C)S(=O)(=O)c2ccccc2)c1. The zero-order valence-corrected chi connectivity index (χ0v) is 17.7. The highest BCUT2D eigenvalue weighted by atomic mass is 32.2. The zero-order chi connectivity index (χ0) is 20.9. The molecule has 0 bridgehead atoms. The van der Waals surface area contributed by atoms with Gasteiger partial charge in [-0.15, -0.1) is 11.3 Å². The van der Waals surface area contributed by atoms with Crippen molar-refractivity contribution in [3.05, 3.63) is 82.0 Å². The van der Waals surface area contributed by atoms with Crippen molar-refractivity contribution >= 4 is 39.2 Å². The minimum absolute atomic E-state index is 0.118. The van der Waals surface area contributed by atoms with Gasteiger partial charge in [0.1, 0.15) is 6.54 Å².